The lowest BCUT2D eigenvalue weighted by atomic mass is 10.0. The first-order valence-corrected chi connectivity index (χ1v) is 12.4. The molecule has 190 valence electrons. The summed E-state index contributed by atoms with van der Waals surface area (Å²) < 4.78 is 7.53. The quantitative estimate of drug-likeness (QED) is 0.373. The summed E-state index contributed by atoms with van der Waals surface area (Å²) in [5.74, 6) is 1.59. The third-order valence-electron chi connectivity index (χ3n) is 6.71. The van der Waals surface area contributed by atoms with Crippen molar-refractivity contribution in [1.82, 2.24) is 30.1 Å². The van der Waals surface area contributed by atoms with Crippen LogP contribution in [0.3, 0.4) is 0 Å². The number of rotatable bonds is 8. The fraction of sp³-hybridized carbons (Fsp3) is 0.429. The van der Waals surface area contributed by atoms with Crippen LogP contribution in [0, 0.1) is 13.8 Å². The van der Waals surface area contributed by atoms with Crippen molar-refractivity contribution in [1.29, 1.82) is 0 Å². The van der Waals surface area contributed by atoms with Gasteiger partial charge in [-0.3, -0.25) is 9.69 Å². The van der Waals surface area contributed by atoms with Gasteiger partial charge < -0.3 is 9.72 Å². The maximum Gasteiger partial charge on any atom is 0.252 e. The number of tetrazole rings is 1. The van der Waals surface area contributed by atoms with Crippen molar-refractivity contribution >= 4 is 10.9 Å². The second-order valence-electron chi connectivity index (χ2n) is 10.4. The average molecular weight is 489 g/mol. The first-order chi connectivity index (χ1) is 17.1. The number of para-hydroxylation sites is 1. The molecule has 0 spiro atoms. The standard InChI is InChI=1S/C28H36N6O2/c1-8-23(26-30-31-32-34(26)28(4,5)6)33(16-20-11-9-10-12-24(20)36-7)17-21-15-22-18(2)13-14-19(3)25(22)29-27(21)35/h9-15,23H,8,16-17H2,1-7H3,(H,29,35)/t23-/m0/s1. The van der Waals surface area contributed by atoms with Gasteiger partial charge in [-0.05, 0) is 74.7 Å². The van der Waals surface area contributed by atoms with Crippen LogP contribution in [0.15, 0.2) is 47.3 Å². The fourth-order valence-corrected chi connectivity index (χ4v) is 4.77. The highest BCUT2D eigenvalue weighted by atomic mass is 16.5. The van der Waals surface area contributed by atoms with Crippen molar-refractivity contribution in [3.8, 4) is 5.75 Å². The number of hydrogen-bond donors (Lipinski definition) is 1. The SMILES string of the molecule is CC[C@@H](c1nnnn1C(C)(C)C)N(Cc1ccccc1OC)Cc1cc2c(C)ccc(C)c2[nH]c1=O. The van der Waals surface area contributed by atoms with Crippen molar-refractivity contribution in [2.75, 3.05) is 7.11 Å². The highest BCUT2D eigenvalue weighted by Gasteiger charge is 2.30. The Morgan fingerprint density at radius 2 is 1.75 bits per heavy atom. The fourth-order valence-electron chi connectivity index (χ4n) is 4.77. The molecule has 4 aromatic rings. The van der Waals surface area contributed by atoms with Gasteiger partial charge in [0.1, 0.15) is 5.75 Å². The molecule has 0 amide bonds. The van der Waals surface area contributed by atoms with Crippen molar-refractivity contribution in [2.45, 2.75) is 72.6 Å². The number of H-pyrrole nitrogens is 1. The molecular formula is C28H36N6O2. The van der Waals surface area contributed by atoms with Crippen LogP contribution in [0.1, 0.15) is 68.2 Å². The van der Waals surface area contributed by atoms with E-state index in [-0.39, 0.29) is 17.1 Å². The van der Waals surface area contributed by atoms with Crippen molar-refractivity contribution in [2.24, 2.45) is 0 Å². The second-order valence-corrected chi connectivity index (χ2v) is 10.4. The summed E-state index contributed by atoms with van der Waals surface area (Å²) in [7, 11) is 1.68. The Labute approximate surface area is 212 Å². The van der Waals surface area contributed by atoms with Crippen LogP contribution in [0.5, 0.6) is 5.75 Å². The molecular weight excluding hydrogens is 452 g/mol. The topological polar surface area (TPSA) is 88.9 Å². The highest BCUT2D eigenvalue weighted by molar-refractivity contribution is 5.85. The normalized spacial score (nSPS) is 12.9. The molecule has 1 N–H and O–H groups in total. The number of nitrogens with zero attached hydrogens (tertiary/aromatic N) is 5. The maximum absolute atomic E-state index is 13.3. The summed E-state index contributed by atoms with van der Waals surface area (Å²) in [6.07, 6.45) is 0.773. The summed E-state index contributed by atoms with van der Waals surface area (Å²) in [5, 5.41) is 13.8. The van der Waals surface area contributed by atoms with Crippen LogP contribution in [-0.4, -0.2) is 37.2 Å². The van der Waals surface area contributed by atoms with E-state index in [1.54, 1.807) is 7.11 Å². The Balaban J connectivity index is 1.83. The van der Waals surface area contributed by atoms with Gasteiger partial charge in [-0.2, -0.15) is 0 Å². The Morgan fingerprint density at radius 1 is 1.06 bits per heavy atom. The van der Waals surface area contributed by atoms with Gasteiger partial charge in [-0.15, -0.1) is 5.10 Å². The summed E-state index contributed by atoms with van der Waals surface area (Å²) in [6.45, 7) is 13.5. The molecule has 0 aliphatic carbocycles. The molecule has 0 unspecified atom stereocenters. The number of ether oxygens (including phenoxy) is 1. The van der Waals surface area contributed by atoms with Crippen LogP contribution >= 0.6 is 0 Å². The van der Waals surface area contributed by atoms with Crippen LogP contribution in [0.2, 0.25) is 0 Å². The van der Waals surface area contributed by atoms with Crippen LogP contribution < -0.4 is 10.3 Å². The molecule has 0 aliphatic rings. The van der Waals surface area contributed by atoms with Gasteiger partial charge in [0.25, 0.3) is 5.56 Å². The summed E-state index contributed by atoms with van der Waals surface area (Å²) in [5.41, 5.74) is 4.47. The van der Waals surface area contributed by atoms with Gasteiger partial charge in [-0.1, -0.05) is 37.3 Å². The number of hydrogen-bond acceptors (Lipinski definition) is 6. The first-order valence-electron chi connectivity index (χ1n) is 12.4. The average Bonchev–Trinajstić information content (AvgIpc) is 3.33. The number of aromatic amines is 1. The molecule has 1 atom stereocenters. The minimum atomic E-state index is -0.280. The van der Waals surface area contributed by atoms with E-state index in [1.807, 2.05) is 41.9 Å². The summed E-state index contributed by atoms with van der Waals surface area (Å²) >= 11 is 0. The van der Waals surface area contributed by atoms with Gasteiger partial charge in [0.2, 0.25) is 0 Å². The van der Waals surface area contributed by atoms with Gasteiger partial charge in [0.15, 0.2) is 5.82 Å². The van der Waals surface area contributed by atoms with E-state index in [2.05, 4.69) is 72.2 Å². The zero-order chi connectivity index (χ0) is 26.0. The molecule has 4 rings (SSSR count). The van der Waals surface area contributed by atoms with E-state index in [9.17, 15) is 4.79 Å². The monoisotopic (exact) mass is 488 g/mol. The number of pyridine rings is 1. The third-order valence-corrected chi connectivity index (χ3v) is 6.71. The minimum absolute atomic E-state index is 0.0773. The number of fused-ring (bicyclic) bond motifs is 1. The number of aromatic nitrogens is 5. The van der Waals surface area contributed by atoms with Crippen LogP contribution in [0.4, 0.5) is 0 Å². The number of methoxy groups -OCH3 is 1. The molecule has 0 radical (unpaired) electrons. The predicted molar refractivity (Wildman–Crippen MR) is 142 cm³/mol. The van der Waals surface area contributed by atoms with Crippen LogP contribution in [0.25, 0.3) is 10.9 Å². The number of benzene rings is 2. The largest absolute Gasteiger partial charge is 0.496 e. The number of aryl methyl sites for hydroxylation is 2. The Morgan fingerprint density at radius 3 is 2.44 bits per heavy atom. The summed E-state index contributed by atoms with van der Waals surface area (Å²) in [4.78, 5) is 18.7. The van der Waals surface area contributed by atoms with Crippen LogP contribution in [-0.2, 0) is 18.6 Å². The molecule has 0 aliphatic heterocycles. The predicted octanol–water partition coefficient (Wildman–Crippen LogP) is 5.05. The Hall–Kier alpha value is -3.52. The Bertz CT molecular complexity index is 1420. The van der Waals surface area contributed by atoms with Crippen molar-refractivity contribution in [3.63, 3.8) is 0 Å². The van der Waals surface area contributed by atoms with Gasteiger partial charge in [0.05, 0.1) is 24.2 Å². The molecule has 0 saturated heterocycles. The van der Waals surface area contributed by atoms with Gasteiger partial charge >= 0.3 is 0 Å². The van der Waals surface area contributed by atoms with E-state index in [4.69, 9.17) is 4.74 Å². The molecule has 8 heteroatoms. The minimum Gasteiger partial charge on any atom is -0.496 e. The lowest BCUT2D eigenvalue weighted by Gasteiger charge is -2.32. The Kier molecular flexibility index (Phi) is 7.26. The van der Waals surface area contributed by atoms with E-state index < -0.39 is 0 Å². The van der Waals surface area contributed by atoms with Gasteiger partial charge in [0, 0.05) is 29.6 Å². The zero-order valence-electron chi connectivity index (χ0n) is 22.3. The lowest BCUT2D eigenvalue weighted by molar-refractivity contribution is 0.152. The molecule has 36 heavy (non-hydrogen) atoms. The maximum atomic E-state index is 13.3. The molecule has 0 bridgehead atoms. The molecule has 2 aromatic heterocycles. The molecule has 0 saturated carbocycles. The first kappa shape index (κ1) is 25.6. The lowest BCUT2D eigenvalue weighted by Crippen LogP contribution is -2.35. The van der Waals surface area contributed by atoms with E-state index in [1.165, 1.54) is 0 Å². The molecule has 8 nitrogen and oxygen atoms in total. The third kappa shape index (κ3) is 5.04. The zero-order valence-corrected chi connectivity index (χ0v) is 22.3. The smallest absolute Gasteiger partial charge is 0.252 e. The number of nitrogens with one attached hydrogen (secondary N) is 1. The highest BCUT2D eigenvalue weighted by Crippen LogP contribution is 2.31. The van der Waals surface area contributed by atoms with E-state index >= 15 is 0 Å². The molecule has 0 fully saturated rings. The van der Waals surface area contributed by atoms with E-state index in [0.29, 0.717) is 18.7 Å². The van der Waals surface area contributed by atoms with Crippen molar-refractivity contribution in [3.05, 3.63) is 80.9 Å². The molecule has 2 aromatic carbocycles. The van der Waals surface area contributed by atoms with Gasteiger partial charge in [-0.25, -0.2) is 4.68 Å². The summed E-state index contributed by atoms with van der Waals surface area (Å²) in [6, 6.07) is 14.0. The van der Waals surface area contributed by atoms with Crippen molar-refractivity contribution < 1.29 is 4.74 Å². The second kappa shape index (κ2) is 10.2. The van der Waals surface area contributed by atoms with E-state index in [0.717, 1.165) is 45.6 Å². The molecule has 2 heterocycles.